The Bertz CT molecular complexity index is 3300. The van der Waals surface area contributed by atoms with Gasteiger partial charge in [0.15, 0.2) is 0 Å². The topological polar surface area (TPSA) is 38.7 Å². The van der Waals surface area contributed by atoms with Crippen molar-refractivity contribution in [2.24, 2.45) is 0 Å². The SMILES string of the molecule is Fc1c[c-]c(-c2cc(-c3ccc(-c4ccccc4)cc3)c(-c3ccccc3-c3cc(CCc4ccc(-c5[c-]cc(F)cc5F)nc4)cc(CCc4ccc(-c5[c-]cc(F)cc5F)nc4)c3)cn2)cc1.[Ir+3]. The zero-order chi connectivity index (χ0) is 47.3. The van der Waals surface area contributed by atoms with Gasteiger partial charge in [0.2, 0.25) is 0 Å². The van der Waals surface area contributed by atoms with Gasteiger partial charge in [-0.05, 0) is 104 Å². The number of halogens is 5. The van der Waals surface area contributed by atoms with Crippen LogP contribution in [0.25, 0.3) is 78.3 Å². The van der Waals surface area contributed by atoms with E-state index in [4.69, 9.17) is 4.98 Å². The van der Waals surface area contributed by atoms with Gasteiger partial charge in [0.25, 0.3) is 0 Å². The molecule has 3 aromatic heterocycles. The summed E-state index contributed by atoms with van der Waals surface area (Å²) in [6.45, 7) is 0. The van der Waals surface area contributed by atoms with Gasteiger partial charge >= 0.3 is 20.1 Å². The van der Waals surface area contributed by atoms with Gasteiger partial charge in [-0.1, -0.05) is 151 Å². The Morgan fingerprint density at radius 1 is 0.343 bits per heavy atom. The Kier molecular flexibility index (Phi) is 14.4. The monoisotopic (exact) mass is 1100 g/mol. The first-order valence-corrected chi connectivity index (χ1v) is 22.4. The van der Waals surface area contributed by atoms with Crippen LogP contribution in [0, 0.1) is 47.3 Å². The Morgan fingerprint density at radius 3 is 1.40 bits per heavy atom. The molecule has 0 aliphatic rings. The van der Waals surface area contributed by atoms with Gasteiger partial charge in [-0.15, -0.1) is 54.1 Å². The van der Waals surface area contributed by atoms with E-state index >= 15 is 0 Å². The Morgan fingerprint density at radius 2 is 0.857 bits per heavy atom. The van der Waals surface area contributed by atoms with Gasteiger partial charge in [0, 0.05) is 53.2 Å². The molecule has 0 bridgehead atoms. The van der Waals surface area contributed by atoms with Crippen molar-refractivity contribution in [1.29, 1.82) is 0 Å². The molecule has 0 aliphatic heterocycles. The first-order valence-electron chi connectivity index (χ1n) is 22.4. The third-order valence-electron chi connectivity index (χ3n) is 12.1. The van der Waals surface area contributed by atoms with Gasteiger partial charge in [0.05, 0.1) is 0 Å². The minimum atomic E-state index is -0.724. The molecule has 3 nitrogen and oxygen atoms in total. The van der Waals surface area contributed by atoms with Crippen LogP contribution >= 0.6 is 0 Å². The van der Waals surface area contributed by atoms with Crippen molar-refractivity contribution in [3.8, 4) is 78.3 Å². The number of hydrogen-bond acceptors (Lipinski definition) is 3. The summed E-state index contributed by atoms with van der Waals surface area (Å²) in [6, 6.07) is 59.5. The van der Waals surface area contributed by atoms with Crippen molar-refractivity contribution in [1.82, 2.24) is 15.0 Å². The molecular weight excluding hydrogens is 1060 g/mol. The van der Waals surface area contributed by atoms with Crippen LogP contribution in [-0.4, -0.2) is 15.0 Å². The van der Waals surface area contributed by atoms with E-state index in [-0.39, 0.29) is 37.0 Å². The maximum Gasteiger partial charge on any atom is 3.00 e. The summed E-state index contributed by atoms with van der Waals surface area (Å²) in [5.41, 5.74) is 14.4. The summed E-state index contributed by atoms with van der Waals surface area (Å²) in [4.78, 5) is 13.9. The molecule has 0 radical (unpaired) electrons. The smallest absolute Gasteiger partial charge is 0.304 e. The van der Waals surface area contributed by atoms with Crippen LogP contribution in [0.2, 0.25) is 0 Å². The third-order valence-corrected chi connectivity index (χ3v) is 12.1. The Balaban J connectivity index is 0.00000608. The van der Waals surface area contributed by atoms with Crippen LogP contribution in [0.5, 0.6) is 0 Å². The zero-order valence-corrected chi connectivity index (χ0v) is 39.7. The molecule has 0 fully saturated rings. The Labute approximate surface area is 416 Å². The van der Waals surface area contributed by atoms with E-state index in [0.717, 1.165) is 91.0 Å². The van der Waals surface area contributed by atoms with Gasteiger partial charge in [-0.3, -0.25) is 22.0 Å². The predicted octanol–water partition coefficient (Wildman–Crippen LogP) is 15.2. The van der Waals surface area contributed by atoms with E-state index in [1.54, 1.807) is 30.6 Å². The van der Waals surface area contributed by atoms with Gasteiger partial charge in [-0.2, -0.15) is 0 Å². The van der Waals surface area contributed by atoms with Gasteiger partial charge < -0.3 is 15.0 Å². The zero-order valence-electron chi connectivity index (χ0n) is 37.3. The molecule has 342 valence electrons. The second kappa shape index (κ2) is 21.3. The second-order valence-electron chi connectivity index (χ2n) is 16.7. The summed E-state index contributed by atoms with van der Waals surface area (Å²) >= 11 is 0. The maximum atomic E-state index is 14.6. The second-order valence-corrected chi connectivity index (χ2v) is 16.7. The molecule has 7 aromatic carbocycles. The summed E-state index contributed by atoms with van der Waals surface area (Å²) < 4.78 is 70.4. The molecule has 0 atom stereocenters. The summed E-state index contributed by atoms with van der Waals surface area (Å²) in [7, 11) is 0. The van der Waals surface area contributed by atoms with Crippen LogP contribution in [0.3, 0.4) is 0 Å². The summed E-state index contributed by atoms with van der Waals surface area (Å²) in [5.74, 6) is -3.22. The van der Waals surface area contributed by atoms with Crippen molar-refractivity contribution >= 4 is 0 Å². The maximum absolute atomic E-state index is 14.6. The van der Waals surface area contributed by atoms with E-state index in [2.05, 4.69) is 94.9 Å². The molecule has 0 spiro atoms. The van der Waals surface area contributed by atoms with Crippen molar-refractivity contribution in [3.63, 3.8) is 0 Å². The first kappa shape index (κ1) is 47.4. The number of aromatic nitrogens is 3. The number of rotatable bonds is 13. The van der Waals surface area contributed by atoms with E-state index in [9.17, 15) is 22.0 Å². The number of pyridine rings is 3. The molecule has 3 heterocycles. The van der Waals surface area contributed by atoms with Gasteiger partial charge in [-0.25, -0.2) is 0 Å². The largest absolute Gasteiger partial charge is 3.00 e. The molecule has 0 unspecified atom stereocenters. The van der Waals surface area contributed by atoms with E-state index in [1.807, 2.05) is 54.7 Å². The van der Waals surface area contributed by atoms with Crippen LogP contribution < -0.4 is 0 Å². The molecular formula is C61H39F5IrN3. The Hall–Kier alpha value is -7.71. The molecule has 10 rings (SSSR count). The number of benzene rings is 7. The standard InChI is InChI=1S/C61H39F5N3.Ir/c62-48-22-20-46(21-23-48)61-35-55(45-18-16-44(17-19-45)43-6-2-1-3-7-43)56(38-69-61)52-9-5-4-8-51(52)47-31-41(12-10-39-14-28-59(67-36-39)53-26-24-49(63)33-57(53)65)30-42(32-47)13-11-40-15-29-60(68-37-40)54-27-25-50(64)34-58(54)66;/h1-9,14-20,22-25,28-38H,10-13H2;/q-3;+3. The summed E-state index contributed by atoms with van der Waals surface area (Å²) in [5, 5.41) is 0. The molecule has 0 N–H and O–H groups in total. The number of hydrogen-bond donors (Lipinski definition) is 0. The first-order chi connectivity index (χ1) is 33.7. The van der Waals surface area contributed by atoms with E-state index in [0.29, 0.717) is 48.3 Å². The molecule has 0 saturated heterocycles. The van der Waals surface area contributed by atoms with Gasteiger partial charge in [0.1, 0.15) is 0 Å². The fraction of sp³-hybridized carbons (Fsp3) is 0.0656. The van der Waals surface area contributed by atoms with Crippen LogP contribution in [-0.2, 0) is 45.8 Å². The van der Waals surface area contributed by atoms with Crippen LogP contribution in [0.1, 0.15) is 22.3 Å². The summed E-state index contributed by atoms with van der Waals surface area (Å²) in [6.07, 6.45) is 7.93. The molecule has 70 heavy (non-hydrogen) atoms. The fourth-order valence-corrected chi connectivity index (χ4v) is 8.57. The van der Waals surface area contributed by atoms with Crippen molar-refractivity contribution < 1.29 is 42.1 Å². The minimum Gasteiger partial charge on any atom is -0.304 e. The van der Waals surface area contributed by atoms with Crippen LogP contribution in [0.4, 0.5) is 22.0 Å². The molecule has 0 saturated carbocycles. The van der Waals surface area contributed by atoms with Crippen LogP contribution in [0.15, 0.2) is 188 Å². The van der Waals surface area contributed by atoms with Crippen molar-refractivity contribution in [2.75, 3.05) is 0 Å². The van der Waals surface area contributed by atoms with E-state index in [1.165, 1.54) is 12.1 Å². The molecule has 0 amide bonds. The van der Waals surface area contributed by atoms with Crippen molar-refractivity contribution in [2.45, 2.75) is 25.7 Å². The number of aryl methyl sites for hydroxylation is 4. The average molecular weight is 1100 g/mol. The molecule has 9 heteroatoms. The third kappa shape index (κ3) is 10.8. The van der Waals surface area contributed by atoms with Crippen molar-refractivity contribution in [3.05, 3.63) is 258 Å². The van der Waals surface area contributed by atoms with E-state index < -0.39 is 23.3 Å². The average Bonchev–Trinajstić information content (AvgIpc) is 3.38. The normalized spacial score (nSPS) is 11.0. The molecule has 10 aromatic rings. The minimum absolute atomic E-state index is 0. The predicted molar refractivity (Wildman–Crippen MR) is 262 cm³/mol. The molecule has 0 aliphatic carbocycles. The quantitative estimate of drug-likeness (QED) is 0.0853. The number of nitrogens with zero attached hydrogens (tertiary/aromatic N) is 3. The fourth-order valence-electron chi connectivity index (χ4n) is 8.57.